The third-order valence-electron chi connectivity index (χ3n) is 6.08. The van der Waals surface area contributed by atoms with E-state index < -0.39 is 0 Å². The lowest BCUT2D eigenvalue weighted by atomic mass is 9.68. The maximum atomic E-state index is 6.31. The van der Waals surface area contributed by atoms with Gasteiger partial charge in [0, 0.05) is 11.6 Å². The van der Waals surface area contributed by atoms with Gasteiger partial charge in [0.05, 0.1) is 5.69 Å². The number of halogens is 2. The van der Waals surface area contributed by atoms with E-state index in [4.69, 9.17) is 28.2 Å². The van der Waals surface area contributed by atoms with Crippen molar-refractivity contribution in [1.29, 1.82) is 0 Å². The van der Waals surface area contributed by atoms with Gasteiger partial charge in [-0.25, -0.2) is 9.97 Å². The molecule has 0 radical (unpaired) electrons. The summed E-state index contributed by atoms with van der Waals surface area (Å²) in [4.78, 5) is 9.08. The van der Waals surface area contributed by atoms with Crippen LogP contribution < -0.4 is 0 Å². The van der Waals surface area contributed by atoms with Crippen LogP contribution in [0.1, 0.15) is 104 Å². The van der Waals surface area contributed by atoms with Gasteiger partial charge in [-0.15, -0.1) is 0 Å². The number of nitrogens with zero attached hydrogens (tertiary/aromatic N) is 2. The van der Waals surface area contributed by atoms with E-state index in [0.29, 0.717) is 10.3 Å². The lowest BCUT2D eigenvalue weighted by molar-refractivity contribution is 0.363. The van der Waals surface area contributed by atoms with Crippen molar-refractivity contribution in [2.45, 2.75) is 104 Å². The number of pyridine rings is 2. The van der Waals surface area contributed by atoms with Crippen molar-refractivity contribution in [3.63, 3.8) is 0 Å². The molecule has 0 aliphatic carbocycles. The molecule has 0 unspecified atom stereocenters. The summed E-state index contributed by atoms with van der Waals surface area (Å²) in [6.45, 7) is 22.5. The van der Waals surface area contributed by atoms with Crippen molar-refractivity contribution in [1.82, 2.24) is 9.97 Å². The average Bonchev–Trinajstić information content (AvgIpc) is 2.58. The van der Waals surface area contributed by atoms with Crippen molar-refractivity contribution in [3.8, 4) is 0 Å². The van der Waals surface area contributed by atoms with E-state index in [0.717, 1.165) is 18.5 Å². The second-order valence-corrected chi connectivity index (χ2v) is 12.6. The van der Waals surface area contributed by atoms with E-state index in [1.165, 1.54) is 16.7 Å². The normalized spacial score (nSPS) is 13.6. The predicted octanol–water partition coefficient (Wildman–Crippen LogP) is 8.41. The molecule has 166 valence electrons. The van der Waals surface area contributed by atoms with E-state index in [1.807, 2.05) is 12.3 Å². The number of rotatable bonds is 5. The van der Waals surface area contributed by atoms with E-state index in [2.05, 4.69) is 86.4 Å². The number of aromatic nitrogens is 2. The summed E-state index contributed by atoms with van der Waals surface area (Å²) in [6, 6.07) is 6.13. The molecule has 4 heteroatoms. The summed E-state index contributed by atoms with van der Waals surface area (Å²) in [6.07, 6.45) is 4.00. The average molecular weight is 450 g/mol. The molecule has 2 heterocycles. The van der Waals surface area contributed by atoms with E-state index >= 15 is 0 Å². The Bertz CT molecular complexity index is 900. The van der Waals surface area contributed by atoms with Gasteiger partial charge in [0.1, 0.15) is 10.3 Å². The van der Waals surface area contributed by atoms with E-state index in [-0.39, 0.29) is 21.7 Å². The summed E-state index contributed by atoms with van der Waals surface area (Å²) in [7, 11) is 0. The van der Waals surface area contributed by atoms with Gasteiger partial charge in [0.25, 0.3) is 0 Å². The largest absolute Gasteiger partial charge is 0.244 e. The van der Waals surface area contributed by atoms with Gasteiger partial charge in [-0.3, -0.25) is 0 Å². The maximum Gasteiger partial charge on any atom is 0.129 e. The zero-order valence-electron chi connectivity index (χ0n) is 20.4. The van der Waals surface area contributed by atoms with E-state index in [1.54, 1.807) is 0 Å². The quantitative estimate of drug-likeness (QED) is 0.428. The molecule has 2 aromatic rings. The fraction of sp³-hybridized carbons (Fsp3) is 0.615. The monoisotopic (exact) mass is 448 g/mol. The molecule has 0 aliphatic rings. The van der Waals surface area contributed by atoms with Gasteiger partial charge in [-0.1, -0.05) is 98.5 Å². The number of hydrogen-bond donors (Lipinski definition) is 0. The van der Waals surface area contributed by atoms with Gasteiger partial charge in [0.2, 0.25) is 0 Å². The first-order chi connectivity index (χ1) is 13.4. The van der Waals surface area contributed by atoms with Crippen LogP contribution in [0.25, 0.3) is 0 Å². The molecule has 30 heavy (non-hydrogen) atoms. The zero-order valence-corrected chi connectivity index (χ0v) is 21.9. The minimum atomic E-state index is -0.0644. The minimum Gasteiger partial charge on any atom is -0.244 e. The summed E-state index contributed by atoms with van der Waals surface area (Å²) in [5.41, 5.74) is 4.79. The predicted molar refractivity (Wildman–Crippen MR) is 131 cm³/mol. The lowest BCUT2D eigenvalue weighted by Crippen LogP contribution is -2.30. The maximum absolute atomic E-state index is 6.31. The third-order valence-corrected chi connectivity index (χ3v) is 6.50. The Kier molecular flexibility index (Phi) is 7.07. The van der Waals surface area contributed by atoms with Gasteiger partial charge in [-0.2, -0.15) is 0 Å². The smallest absolute Gasteiger partial charge is 0.129 e. The Hall–Kier alpha value is -1.12. The molecule has 0 aliphatic heterocycles. The van der Waals surface area contributed by atoms with E-state index in [9.17, 15) is 0 Å². The second kappa shape index (κ2) is 8.43. The zero-order chi connectivity index (χ0) is 23.1. The Morgan fingerprint density at radius 1 is 0.667 bits per heavy atom. The highest BCUT2D eigenvalue weighted by atomic mass is 35.5. The Morgan fingerprint density at radius 2 is 1.20 bits per heavy atom. The SMILES string of the molecule is CC(C)(C)c1cnc(Cl)cc1C(C)(C)CCC(C)(C)c1ccc(Cl)nc1C(C)(C)C. The molecule has 0 saturated carbocycles. The molecular weight excluding hydrogens is 411 g/mol. The van der Waals surface area contributed by atoms with Gasteiger partial charge in [-0.05, 0) is 57.9 Å². The molecule has 2 aromatic heterocycles. The van der Waals surface area contributed by atoms with Crippen molar-refractivity contribution in [2.75, 3.05) is 0 Å². The Balaban J connectivity index is 2.41. The molecule has 0 fully saturated rings. The van der Waals surface area contributed by atoms with Crippen molar-refractivity contribution in [3.05, 3.63) is 57.1 Å². The molecule has 0 N–H and O–H groups in total. The summed E-state index contributed by atoms with van der Waals surface area (Å²) >= 11 is 12.6. The topological polar surface area (TPSA) is 25.8 Å². The van der Waals surface area contributed by atoms with Crippen LogP contribution in [-0.4, -0.2) is 9.97 Å². The molecule has 0 bridgehead atoms. The first-order valence-electron chi connectivity index (χ1n) is 10.8. The molecule has 0 spiro atoms. The molecule has 2 rings (SSSR count). The summed E-state index contributed by atoms with van der Waals surface area (Å²) in [5, 5.41) is 1.11. The summed E-state index contributed by atoms with van der Waals surface area (Å²) in [5.74, 6) is 0. The highest BCUT2D eigenvalue weighted by molar-refractivity contribution is 6.29. The van der Waals surface area contributed by atoms with Crippen LogP contribution in [-0.2, 0) is 21.7 Å². The Morgan fingerprint density at radius 3 is 1.70 bits per heavy atom. The fourth-order valence-corrected chi connectivity index (χ4v) is 4.34. The highest BCUT2D eigenvalue weighted by Gasteiger charge is 2.34. The van der Waals surface area contributed by atoms with Crippen molar-refractivity contribution < 1.29 is 0 Å². The van der Waals surface area contributed by atoms with Gasteiger partial charge >= 0.3 is 0 Å². The first kappa shape index (κ1) is 25.1. The lowest BCUT2D eigenvalue weighted by Gasteiger charge is -2.37. The van der Waals surface area contributed by atoms with Crippen LogP contribution >= 0.6 is 23.2 Å². The first-order valence-corrected chi connectivity index (χ1v) is 11.5. The Labute approximate surface area is 193 Å². The highest BCUT2D eigenvalue weighted by Crippen LogP contribution is 2.42. The minimum absolute atomic E-state index is 0.0131. The van der Waals surface area contributed by atoms with Crippen LogP contribution in [0.15, 0.2) is 24.4 Å². The van der Waals surface area contributed by atoms with Crippen LogP contribution in [0.2, 0.25) is 10.3 Å². The van der Waals surface area contributed by atoms with Gasteiger partial charge < -0.3 is 0 Å². The second-order valence-electron chi connectivity index (χ2n) is 11.9. The molecular formula is C26H38Cl2N2. The van der Waals surface area contributed by atoms with Crippen LogP contribution in [0.5, 0.6) is 0 Å². The molecule has 0 aromatic carbocycles. The molecule has 0 saturated heterocycles. The molecule has 2 nitrogen and oxygen atoms in total. The fourth-order valence-electron chi connectivity index (χ4n) is 4.03. The molecule has 0 atom stereocenters. The standard InChI is InChI=1S/C26H38Cl2N2/c1-23(2,3)19-16-29-21(28)15-18(19)26(9,10)14-13-25(7,8)17-11-12-20(27)30-22(17)24(4,5)6/h11-12,15-16H,13-14H2,1-10H3. The van der Waals surface area contributed by atoms with Gasteiger partial charge in [0.15, 0.2) is 0 Å². The van der Waals surface area contributed by atoms with Crippen LogP contribution in [0, 0.1) is 0 Å². The number of hydrogen-bond acceptors (Lipinski definition) is 2. The summed E-state index contributed by atoms with van der Waals surface area (Å²) < 4.78 is 0. The van der Waals surface area contributed by atoms with Crippen molar-refractivity contribution in [2.24, 2.45) is 0 Å². The third kappa shape index (κ3) is 5.77. The van der Waals surface area contributed by atoms with Crippen molar-refractivity contribution >= 4 is 23.2 Å². The molecule has 0 amide bonds. The van der Waals surface area contributed by atoms with Crippen LogP contribution in [0.4, 0.5) is 0 Å². The van der Waals surface area contributed by atoms with Crippen LogP contribution in [0.3, 0.4) is 0 Å².